The monoisotopic (exact) mass is 918 g/mol. The number of amides is 1. The molecule has 0 rings (SSSR count). The van der Waals surface area contributed by atoms with E-state index in [1.807, 2.05) is 6.08 Å². The fourth-order valence-corrected chi connectivity index (χ4v) is 9.28. The van der Waals surface area contributed by atoms with Crippen molar-refractivity contribution in [1.29, 1.82) is 0 Å². The summed E-state index contributed by atoms with van der Waals surface area (Å²) in [6.07, 6.45) is 65.2. The number of carbonyl (C=O) groups is 2. The summed E-state index contributed by atoms with van der Waals surface area (Å²) >= 11 is 0. The molecule has 0 fully saturated rings. The van der Waals surface area contributed by atoms with Gasteiger partial charge in [0.1, 0.15) is 0 Å². The summed E-state index contributed by atoms with van der Waals surface area (Å²) in [7, 11) is 0. The first-order chi connectivity index (χ1) is 32.0. The predicted molar refractivity (Wildman–Crippen MR) is 283 cm³/mol. The summed E-state index contributed by atoms with van der Waals surface area (Å²) in [5.41, 5.74) is 0. The van der Waals surface area contributed by atoms with Crippen molar-refractivity contribution in [3.8, 4) is 0 Å². The van der Waals surface area contributed by atoms with Crippen LogP contribution in [0, 0.1) is 0 Å². The first-order valence-electron chi connectivity index (χ1n) is 29.5. The highest BCUT2D eigenvalue weighted by atomic mass is 16.5. The molecule has 65 heavy (non-hydrogen) atoms. The number of hydrogen-bond acceptors (Lipinski definition) is 5. The van der Waals surface area contributed by atoms with Crippen molar-refractivity contribution in [2.45, 2.75) is 341 Å². The molecule has 0 saturated carbocycles. The van der Waals surface area contributed by atoms with E-state index in [2.05, 4.69) is 19.2 Å². The Balaban J connectivity index is 3.40. The lowest BCUT2D eigenvalue weighted by Gasteiger charge is -2.20. The van der Waals surface area contributed by atoms with Crippen LogP contribution in [-0.2, 0) is 14.3 Å². The Morgan fingerprint density at radius 2 is 0.708 bits per heavy atom. The summed E-state index contributed by atoms with van der Waals surface area (Å²) in [6.45, 7) is 4.92. The van der Waals surface area contributed by atoms with Crippen LogP contribution in [0.25, 0.3) is 0 Å². The number of rotatable bonds is 55. The highest BCUT2D eigenvalue weighted by Crippen LogP contribution is 2.18. The van der Waals surface area contributed by atoms with Crippen LogP contribution in [0.1, 0.15) is 328 Å². The third-order valence-corrected chi connectivity index (χ3v) is 13.8. The van der Waals surface area contributed by atoms with Gasteiger partial charge in [0.15, 0.2) is 0 Å². The van der Waals surface area contributed by atoms with E-state index in [1.165, 1.54) is 263 Å². The standard InChI is InChI=1S/C59H115NO5/c1-3-5-7-9-11-13-15-17-25-28-31-35-39-43-47-51-57(62)56(55-61)60-58(63)52-48-44-40-36-32-29-26-23-21-19-18-20-22-24-27-30-34-38-42-46-50-54-65-59(64)53-49-45-41-37-33-16-14-12-10-8-6-4-2/h47,51,56-57,61-62H,3-46,48-50,52-55H2,1-2H3,(H,60,63)/b51-47+. The van der Waals surface area contributed by atoms with Crippen molar-refractivity contribution in [2.24, 2.45) is 0 Å². The first-order valence-corrected chi connectivity index (χ1v) is 29.5. The molecule has 0 spiro atoms. The number of esters is 1. The molecule has 0 aromatic rings. The number of unbranched alkanes of at least 4 members (excludes halogenated alkanes) is 44. The molecule has 6 nitrogen and oxygen atoms in total. The zero-order valence-electron chi connectivity index (χ0n) is 44.0. The lowest BCUT2D eigenvalue weighted by molar-refractivity contribution is -0.143. The second-order valence-corrected chi connectivity index (χ2v) is 20.3. The predicted octanol–water partition coefficient (Wildman–Crippen LogP) is 18.1. The van der Waals surface area contributed by atoms with Crippen LogP contribution in [0.3, 0.4) is 0 Å². The molecule has 6 heteroatoms. The molecule has 0 radical (unpaired) electrons. The Kier molecular flexibility index (Phi) is 54.0. The number of hydrogen-bond donors (Lipinski definition) is 3. The molecule has 0 aliphatic carbocycles. The maximum Gasteiger partial charge on any atom is 0.305 e. The molecule has 1 amide bonds. The molecular weight excluding hydrogens is 803 g/mol. The van der Waals surface area contributed by atoms with Gasteiger partial charge in [-0.1, -0.05) is 296 Å². The van der Waals surface area contributed by atoms with Gasteiger partial charge in [-0.2, -0.15) is 0 Å². The van der Waals surface area contributed by atoms with Crippen molar-refractivity contribution in [1.82, 2.24) is 5.32 Å². The Morgan fingerprint density at radius 1 is 0.415 bits per heavy atom. The van der Waals surface area contributed by atoms with E-state index >= 15 is 0 Å². The second kappa shape index (κ2) is 55.2. The fourth-order valence-electron chi connectivity index (χ4n) is 9.28. The zero-order valence-corrected chi connectivity index (χ0v) is 44.0. The molecule has 0 aliphatic rings. The van der Waals surface area contributed by atoms with Gasteiger partial charge >= 0.3 is 5.97 Å². The summed E-state index contributed by atoms with van der Waals surface area (Å²) in [4.78, 5) is 24.5. The molecule has 2 atom stereocenters. The highest BCUT2D eigenvalue weighted by Gasteiger charge is 2.18. The van der Waals surface area contributed by atoms with Gasteiger partial charge in [0.05, 0.1) is 25.4 Å². The normalized spacial score (nSPS) is 12.6. The van der Waals surface area contributed by atoms with Crippen LogP contribution in [0.15, 0.2) is 12.2 Å². The van der Waals surface area contributed by atoms with Crippen LogP contribution < -0.4 is 5.32 Å². The van der Waals surface area contributed by atoms with Crippen LogP contribution in [0.4, 0.5) is 0 Å². The molecule has 0 aliphatic heterocycles. The minimum atomic E-state index is -0.844. The highest BCUT2D eigenvalue weighted by molar-refractivity contribution is 5.76. The number of aliphatic hydroxyl groups is 2. The Bertz CT molecular complexity index is 970. The number of aliphatic hydroxyl groups excluding tert-OH is 2. The lowest BCUT2D eigenvalue weighted by atomic mass is 10.0. The van der Waals surface area contributed by atoms with Gasteiger partial charge in [-0.3, -0.25) is 9.59 Å². The van der Waals surface area contributed by atoms with Gasteiger partial charge in [0, 0.05) is 12.8 Å². The second-order valence-electron chi connectivity index (χ2n) is 20.3. The van der Waals surface area contributed by atoms with E-state index in [4.69, 9.17) is 4.74 Å². The van der Waals surface area contributed by atoms with E-state index in [-0.39, 0.29) is 18.5 Å². The SMILES string of the molecule is CCCCCCCCCCCCCCC/C=C/C(O)C(CO)NC(=O)CCCCCCCCCCCCCCCCCCCCCCCOC(=O)CCCCCCCCCCCCCC. The third-order valence-electron chi connectivity index (χ3n) is 13.8. The average molecular weight is 919 g/mol. The van der Waals surface area contributed by atoms with E-state index in [9.17, 15) is 19.8 Å². The van der Waals surface area contributed by atoms with Crippen molar-refractivity contribution in [3.63, 3.8) is 0 Å². The molecule has 0 saturated heterocycles. The maximum absolute atomic E-state index is 12.5. The zero-order chi connectivity index (χ0) is 47.2. The Morgan fingerprint density at radius 3 is 1.05 bits per heavy atom. The maximum atomic E-state index is 12.5. The van der Waals surface area contributed by atoms with Crippen molar-refractivity contribution >= 4 is 11.9 Å². The number of carbonyl (C=O) groups excluding carboxylic acids is 2. The molecule has 2 unspecified atom stereocenters. The smallest absolute Gasteiger partial charge is 0.305 e. The van der Waals surface area contributed by atoms with Crippen molar-refractivity contribution < 1.29 is 24.5 Å². The number of ether oxygens (including phenoxy) is 1. The van der Waals surface area contributed by atoms with Gasteiger partial charge in [0.2, 0.25) is 5.91 Å². The minimum Gasteiger partial charge on any atom is -0.466 e. The van der Waals surface area contributed by atoms with Gasteiger partial charge in [-0.25, -0.2) is 0 Å². The molecular formula is C59H115NO5. The van der Waals surface area contributed by atoms with Gasteiger partial charge in [-0.05, 0) is 32.1 Å². The molecule has 3 N–H and O–H groups in total. The lowest BCUT2D eigenvalue weighted by Crippen LogP contribution is -2.45. The van der Waals surface area contributed by atoms with Crippen LogP contribution in [-0.4, -0.2) is 47.4 Å². The van der Waals surface area contributed by atoms with Crippen molar-refractivity contribution in [2.75, 3.05) is 13.2 Å². The molecule has 0 heterocycles. The van der Waals surface area contributed by atoms with Gasteiger partial charge in [-0.15, -0.1) is 0 Å². The number of allylic oxidation sites excluding steroid dienone is 1. The fraction of sp³-hybridized carbons (Fsp3) is 0.932. The molecule has 0 aromatic carbocycles. The van der Waals surface area contributed by atoms with E-state index in [0.29, 0.717) is 19.4 Å². The average Bonchev–Trinajstić information content (AvgIpc) is 3.31. The molecule has 386 valence electrons. The van der Waals surface area contributed by atoms with E-state index < -0.39 is 12.1 Å². The van der Waals surface area contributed by atoms with E-state index in [1.54, 1.807) is 6.08 Å². The Labute approximate surface area is 406 Å². The van der Waals surface area contributed by atoms with E-state index in [0.717, 1.165) is 38.5 Å². The summed E-state index contributed by atoms with van der Waals surface area (Å²) < 4.78 is 5.47. The van der Waals surface area contributed by atoms with Crippen molar-refractivity contribution in [3.05, 3.63) is 12.2 Å². The largest absolute Gasteiger partial charge is 0.466 e. The molecule has 0 aromatic heterocycles. The van der Waals surface area contributed by atoms with Crippen LogP contribution in [0.2, 0.25) is 0 Å². The Hall–Kier alpha value is -1.40. The first kappa shape index (κ1) is 63.6. The molecule has 0 bridgehead atoms. The third kappa shape index (κ3) is 51.8. The van der Waals surface area contributed by atoms with Crippen LogP contribution in [0.5, 0.6) is 0 Å². The van der Waals surface area contributed by atoms with Gasteiger partial charge < -0.3 is 20.3 Å². The summed E-state index contributed by atoms with van der Waals surface area (Å²) in [5.74, 6) is -0.0545. The summed E-state index contributed by atoms with van der Waals surface area (Å²) in [5, 5.41) is 23.1. The number of nitrogens with one attached hydrogen (secondary N) is 1. The summed E-state index contributed by atoms with van der Waals surface area (Å²) in [6, 6.07) is -0.627. The quantitative estimate of drug-likeness (QED) is 0.0321. The van der Waals surface area contributed by atoms with Crippen LogP contribution >= 0.6 is 0 Å². The topological polar surface area (TPSA) is 95.9 Å². The minimum absolute atomic E-state index is 0.0125. The van der Waals surface area contributed by atoms with Gasteiger partial charge in [0.25, 0.3) is 0 Å².